The van der Waals surface area contributed by atoms with Crippen molar-refractivity contribution in [2.45, 2.75) is 24.9 Å². The van der Waals surface area contributed by atoms with Crippen LogP contribution in [0.5, 0.6) is 0 Å². The molecule has 0 saturated carbocycles. The van der Waals surface area contributed by atoms with Gasteiger partial charge in [0.05, 0.1) is 12.1 Å². The van der Waals surface area contributed by atoms with Gasteiger partial charge in [0.1, 0.15) is 0 Å². The Morgan fingerprint density at radius 2 is 2.00 bits per heavy atom. The molecule has 1 aromatic rings. The molecule has 1 amide bonds. The molecule has 4 nitrogen and oxygen atoms in total. The van der Waals surface area contributed by atoms with Crippen LogP contribution in [0.4, 0.5) is 0 Å². The molecule has 0 aliphatic carbocycles. The molecule has 1 aliphatic rings. The summed E-state index contributed by atoms with van der Waals surface area (Å²) < 4.78 is 0. The van der Waals surface area contributed by atoms with Gasteiger partial charge in [-0.2, -0.15) is 0 Å². The van der Waals surface area contributed by atoms with Gasteiger partial charge >= 0.3 is 0 Å². The van der Waals surface area contributed by atoms with E-state index in [0.717, 1.165) is 19.4 Å². The van der Waals surface area contributed by atoms with E-state index in [4.69, 9.17) is 0 Å². The lowest BCUT2D eigenvalue weighted by molar-refractivity contribution is -0.123. The predicted molar refractivity (Wildman–Crippen MR) is 91.4 cm³/mol. The van der Waals surface area contributed by atoms with Crippen LogP contribution in [0.1, 0.15) is 24.4 Å². The lowest BCUT2D eigenvalue weighted by atomic mass is 10.1. The maximum absolute atomic E-state index is 12.0. The summed E-state index contributed by atoms with van der Waals surface area (Å²) in [5, 5.41) is 6.28. The Labute approximate surface area is 139 Å². The highest BCUT2D eigenvalue weighted by Crippen LogP contribution is 2.16. The molecule has 0 bridgehead atoms. The molecule has 21 heavy (non-hydrogen) atoms. The zero-order valence-corrected chi connectivity index (χ0v) is 14.2. The summed E-state index contributed by atoms with van der Waals surface area (Å²) in [7, 11) is 4.08. The van der Waals surface area contributed by atoms with Crippen molar-refractivity contribution in [1.29, 1.82) is 0 Å². The number of nitrogens with zero attached hydrogens (tertiary/aromatic N) is 1. The molecule has 0 aromatic heterocycles. The summed E-state index contributed by atoms with van der Waals surface area (Å²) >= 11 is 0. The van der Waals surface area contributed by atoms with Crippen LogP contribution in [0.15, 0.2) is 30.3 Å². The monoisotopic (exact) mass is 333 g/mol. The average molecular weight is 334 g/mol. The second-order valence-corrected chi connectivity index (χ2v) is 5.28. The van der Waals surface area contributed by atoms with Crippen molar-refractivity contribution < 1.29 is 4.79 Å². The maximum Gasteiger partial charge on any atom is 0.237 e. The number of hydrogen-bond donors (Lipinski definition) is 2. The van der Waals surface area contributed by atoms with Crippen molar-refractivity contribution >= 4 is 30.7 Å². The van der Waals surface area contributed by atoms with Crippen LogP contribution in [-0.4, -0.2) is 44.0 Å². The van der Waals surface area contributed by atoms with Crippen LogP contribution in [0.25, 0.3) is 0 Å². The summed E-state index contributed by atoms with van der Waals surface area (Å²) in [6.07, 6.45) is 2.04. The first-order valence-electron chi connectivity index (χ1n) is 6.91. The highest BCUT2D eigenvalue weighted by atomic mass is 35.5. The van der Waals surface area contributed by atoms with Crippen molar-refractivity contribution in [2.24, 2.45) is 0 Å². The molecule has 2 atom stereocenters. The van der Waals surface area contributed by atoms with Gasteiger partial charge in [-0.15, -0.1) is 24.8 Å². The fourth-order valence-corrected chi connectivity index (χ4v) is 2.50. The standard InChI is InChI=1S/C15H23N3O.2ClH/c1-18(2)14(12-7-4-3-5-8-12)11-17-15(19)13-9-6-10-16-13;;/h3-5,7-8,13-14,16H,6,9-11H2,1-2H3,(H,17,19);2*1H. The van der Waals surface area contributed by atoms with Crippen LogP contribution in [0.3, 0.4) is 0 Å². The molecule has 2 N–H and O–H groups in total. The third kappa shape index (κ3) is 5.83. The molecule has 1 fully saturated rings. The second-order valence-electron chi connectivity index (χ2n) is 5.28. The van der Waals surface area contributed by atoms with E-state index in [1.807, 2.05) is 32.3 Å². The zero-order chi connectivity index (χ0) is 13.7. The number of nitrogens with one attached hydrogen (secondary N) is 2. The van der Waals surface area contributed by atoms with Gasteiger partial charge in [0.25, 0.3) is 0 Å². The van der Waals surface area contributed by atoms with Crippen LogP contribution in [0.2, 0.25) is 0 Å². The maximum atomic E-state index is 12.0. The average Bonchev–Trinajstić information content (AvgIpc) is 2.93. The minimum absolute atomic E-state index is 0. The Hall–Kier alpha value is -0.810. The van der Waals surface area contributed by atoms with Crippen molar-refractivity contribution in [2.75, 3.05) is 27.2 Å². The number of carbonyl (C=O) groups is 1. The molecule has 0 radical (unpaired) electrons. The first kappa shape index (κ1) is 20.2. The summed E-state index contributed by atoms with van der Waals surface area (Å²) in [6, 6.07) is 10.5. The summed E-state index contributed by atoms with van der Waals surface area (Å²) in [5.41, 5.74) is 1.23. The second kappa shape index (κ2) is 10.0. The molecule has 2 unspecified atom stereocenters. The summed E-state index contributed by atoms with van der Waals surface area (Å²) in [6.45, 7) is 1.60. The Bertz CT molecular complexity index is 409. The minimum Gasteiger partial charge on any atom is -0.353 e. The van der Waals surface area contributed by atoms with Gasteiger partial charge in [-0.1, -0.05) is 30.3 Å². The van der Waals surface area contributed by atoms with Crippen molar-refractivity contribution in [3.8, 4) is 0 Å². The summed E-state index contributed by atoms with van der Waals surface area (Å²) in [5.74, 6) is 0.125. The third-order valence-corrected chi connectivity index (χ3v) is 3.65. The van der Waals surface area contributed by atoms with Crippen molar-refractivity contribution in [3.05, 3.63) is 35.9 Å². The van der Waals surface area contributed by atoms with Crippen LogP contribution in [0, 0.1) is 0 Å². The highest BCUT2D eigenvalue weighted by molar-refractivity contribution is 5.85. The molecule has 0 spiro atoms. The fraction of sp³-hybridized carbons (Fsp3) is 0.533. The molecule has 2 rings (SSSR count). The normalized spacial score (nSPS) is 18.5. The van der Waals surface area contributed by atoms with Gasteiger partial charge in [0.15, 0.2) is 0 Å². The fourth-order valence-electron chi connectivity index (χ4n) is 2.50. The molecule has 1 aliphatic heterocycles. The quantitative estimate of drug-likeness (QED) is 0.866. The van der Waals surface area contributed by atoms with Gasteiger partial charge in [-0.3, -0.25) is 4.79 Å². The molecule has 6 heteroatoms. The first-order valence-corrected chi connectivity index (χ1v) is 6.91. The van der Waals surface area contributed by atoms with Crippen LogP contribution < -0.4 is 10.6 Å². The first-order chi connectivity index (χ1) is 9.18. The topological polar surface area (TPSA) is 44.4 Å². The SMILES string of the molecule is CN(C)C(CNC(=O)C1CCCN1)c1ccccc1.Cl.Cl. The Morgan fingerprint density at radius 3 is 2.52 bits per heavy atom. The number of halogens is 2. The van der Waals surface area contributed by atoms with Crippen molar-refractivity contribution in [3.63, 3.8) is 0 Å². The summed E-state index contributed by atoms with van der Waals surface area (Å²) in [4.78, 5) is 14.1. The van der Waals surface area contributed by atoms with E-state index in [2.05, 4.69) is 27.7 Å². The van der Waals surface area contributed by atoms with Crippen LogP contribution >= 0.6 is 24.8 Å². The van der Waals surface area contributed by atoms with E-state index in [-0.39, 0.29) is 42.8 Å². The van der Waals surface area contributed by atoms with E-state index >= 15 is 0 Å². The van der Waals surface area contributed by atoms with Gasteiger partial charge in [-0.25, -0.2) is 0 Å². The molecule has 1 heterocycles. The van der Waals surface area contributed by atoms with Gasteiger partial charge in [0.2, 0.25) is 5.91 Å². The van der Waals surface area contributed by atoms with Crippen LogP contribution in [-0.2, 0) is 4.79 Å². The molecule has 1 aromatic carbocycles. The Balaban J connectivity index is 0.00000200. The molecular weight excluding hydrogens is 309 g/mol. The molecule has 120 valence electrons. The predicted octanol–water partition coefficient (Wildman–Crippen LogP) is 2.00. The smallest absolute Gasteiger partial charge is 0.237 e. The van der Waals surface area contributed by atoms with Crippen molar-refractivity contribution in [1.82, 2.24) is 15.5 Å². The minimum atomic E-state index is -0.00131. The van der Waals surface area contributed by atoms with Gasteiger partial charge in [0, 0.05) is 6.54 Å². The number of benzene rings is 1. The van der Waals surface area contributed by atoms with Gasteiger partial charge in [-0.05, 0) is 39.0 Å². The number of carbonyl (C=O) groups excluding carboxylic acids is 1. The number of hydrogen-bond acceptors (Lipinski definition) is 3. The third-order valence-electron chi connectivity index (χ3n) is 3.65. The largest absolute Gasteiger partial charge is 0.353 e. The van der Waals surface area contributed by atoms with E-state index in [1.165, 1.54) is 5.56 Å². The van der Waals surface area contributed by atoms with E-state index in [1.54, 1.807) is 0 Å². The lowest BCUT2D eigenvalue weighted by Gasteiger charge is -2.25. The lowest BCUT2D eigenvalue weighted by Crippen LogP contribution is -2.43. The number of amides is 1. The number of rotatable bonds is 5. The molecule has 1 saturated heterocycles. The Kier molecular flexibility index (Phi) is 9.62. The van der Waals surface area contributed by atoms with E-state index in [9.17, 15) is 4.79 Å². The molecular formula is C15H25Cl2N3O. The van der Waals surface area contributed by atoms with E-state index in [0.29, 0.717) is 6.54 Å². The Morgan fingerprint density at radius 1 is 1.33 bits per heavy atom. The number of likely N-dealkylation sites (N-methyl/N-ethyl adjacent to an activating group) is 1. The highest BCUT2D eigenvalue weighted by Gasteiger charge is 2.23. The van der Waals surface area contributed by atoms with Gasteiger partial charge < -0.3 is 15.5 Å². The van der Waals surface area contributed by atoms with E-state index < -0.39 is 0 Å². The zero-order valence-electron chi connectivity index (χ0n) is 12.5.